The number of likely N-dealkylation sites (tertiary alicyclic amines) is 1. The number of nitrogens with one attached hydrogen (secondary N) is 2. The van der Waals surface area contributed by atoms with Gasteiger partial charge in [-0.05, 0) is 45.7 Å². The molecule has 0 aromatic heterocycles. The molecule has 0 bridgehead atoms. The molecule has 0 spiro atoms. The van der Waals surface area contributed by atoms with Crippen LogP contribution in [-0.2, 0) is 17.8 Å². The average Bonchev–Trinajstić information content (AvgIpc) is 3.27. The fraction of sp³-hybridized carbons (Fsp3) is 0.636. The number of carbonyl (C=O) groups is 1. The van der Waals surface area contributed by atoms with Crippen LogP contribution in [0.25, 0.3) is 0 Å². The number of aliphatic imine (C=N–C) groups is 1. The Bertz CT molecular complexity index is 735. The Morgan fingerprint density at radius 1 is 1.34 bits per heavy atom. The Labute approximate surface area is 173 Å². The number of guanidine groups is 1. The Hall–Kier alpha value is -2.44. The van der Waals surface area contributed by atoms with Crippen molar-refractivity contribution in [1.82, 2.24) is 15.5 Å². The maximum absolute atomic E-state index is 11.7. The minimum absolute atomic E-state index is 0.208. The topological polar surface area (TPSA) is 75.2 Å². The van der Waals surface area contributed by atoms with E-state index in [0.717, 1.165) is 68.5 Å². The zero-order valence-electron chi connectivity index (χ0n) is 17.9. The zero-order valence-corrected chi connectivity index (χ0v) is 17.9. The monoisotopic (exact) mass is 402 g/mol. The van der Waals surface area contributed by atoms with Gasteiger partial charge in [-0.1, -0.05) is 0 Å². The molecule has 7 nitrogen and oxygen atoms in total. The molecule has 1 amide bonds. The minimum Gasteiger partial charge on any atom is -0.494 e. The van der Waals surface area contributed by atoms with E-state index >= 15 is 0 Å². The Balaban J connectivity index is 1.59. The molecule has 1 atom stereocenters. The van der Waals surface area contributed by atoms with E-state index < -0.39 is 0 Å². The lowest BCUT2D eigenvalue weighted by molar-refractivity contribution is -0.127. The number of carbonyl (C=O) groups excluding carboxylic acids is 1. The van der Waals surface area contributed by atoms with Crippen molar-refractivity contribution in [2.45, 2.75) is 59.1 Å². The maximum Gasteiger partial charge on any atom is 0.222 e. The first-order chi connectivity index (χ1) is 14.1. The van der Waals surface area contributed by atoms with Crippen molar-refractivity contribution in [3.8, 4) is 11.5 Å². The van der Waals surface area contributed by atoms with E-state index in [2.05, 4.69) is 36.6 Å². The maximum atomic E-state index is 11.7. The lowest BCUT2D eigenvalue weighted by Gasteiger charge is -2.17. The summed E-state index contributed by atoms with van der Waals surface area (Å²) < 4.78 is 11.8. The Morgan fingerprint density at radius 2 is 2.21 bits per heavy atom. The van der Waals surface area contributed by atoms with Crippen LogP contribution in [-0.4, -0.2) is 55.7 Å². The van der Waals surface area contributed by atoms with E-state index in [0.29, 0.717) is 19.6 Å². The highest BCUT2D eigenvalue weighted by Crippen LogP contribution is 2.35. The van der Waals surface area contributed by atoms with Gasteiger partial charge in [-0.15, -0.1) is 0 Å². The molecule has 1 fully saturated rings. The van der Waals surface area contributed by atoms with Crippen LogP contribution < -0.4 is 20.1 Å². The summed E-state index contributed by atoms with van der Waals surface area (Å²) in [6.45, 7) is 10.5. The SMILES string of the molecule is CCNC(=NCc1cc2c(cc1OCC)CC(C)O2)NCCCN1CCCC1=O. The van der Waals surface area contributed by atoms with Gasteiger partial charge >= 0.3 is 0 Å². The van der Waals surface area contributed by atoms with Crippen molar-refractivity contribution in [3.63, 3.8) is 0 Å². The number of fused-ring (bicyclic) bond motifs is 1. The smallest absolute Gasteiger partial charge is 0.222 e. The van der Waals surface area contributed by atoms with Crippen LogP contribution in [0.3, 0.4) is 0 Å². The summed E-state index contributed by atoms with van der Waals surface area (Å²) in [5.41, 5.74) is 2.23. The molecule has 3 rings (SSSR count). The van der Waals surface area contributed by atoms with Crippen LogP contribution in [0, 0.1) is 0 Å². The lowest BCUT2D eigenvalue weighted by Crippen LogP contribution is -2.39. The molecule has 1 unspecified atom stereocenters. The first kappa shape index (κ1) is 21.3. The third kappa shape index (κ3) is 5.78. The third-order valence-corrected chi connectivity index (χ3v) is 5.20. The number of hydrogen-bond acceptors (Lipinski definition) is 4. The predicted octanol–water partition coefficient (Wildman–Crippen LogP) is 2.48. The highest BCUT2D eigenvalue weighted by atomic mass is 16.5. The summed E-state index contributed by atoms with van der Waals surface area (Å²) in [5, 5.41) is 6.66. The molecule has 2 aliphatic heterocycles. The molecule has 2 heterocycles. The Kier molecular flexibility index (Phi) is 7.61. The van der Waals surface area contributed by atoms with Crippen LogP contribution >= 0.6 is 0 Å². The van der Waals surface area contributed by atoms with Crippen molar-refractivity contribution in [2.24, 2.45) is 4.99 Å². The number of amides is 1. The van der Waals surface area contributed by atoms with Gasteiger partial charge in [0.05, 0.1) is 13.2 Å². The van der Waals surface area contributed by atoms with Gasteiger partial charge in [-0.2, -0.15) is 0 Å². The van der Waals surface area contributed by atoms with Crippen LogP contribution in [0.1, 0.15) is 51.2 Å². The van der Waals surface area contributed by atoms with E-state index in [1.54, 1.807) is 0 Å². The van der Waals surface area contributed by atoms with Gasteiger partial charge in [0, 0.05) is 50.1 Å². The number of benzene rings is 1. The molecule has 2 aliphatic rings. The molecule has 1 aromatic carbocycles. The third-order valence-electron chi connectivity index (χ3n) is 5.20. The van der Waals surface area contributed by atoms with Crippen LogP contribution in [0.5, 0.6) is 11.5 Å². The van der Waals surface area contributed by atoms with Crippen molar-refractivity contribution in [2.75, 3.05) is 32.8 Å². The second kappa shape index (κ2) is 10.4. The molecular formula is C22H34N4O3. The van der Waals surface area contributed by atoms with Crippen LogP contribution in [0.4, 0.5) is 0 Å². The van der Waals surface area contributed by atoms with Crippen molar-refractivity contribution < 1.29 is 14.3 Å². The molecule has 1 saturated heterocycles. The van der Waals surface area contributed by atoms with Crippen LogP contribution in [0.2, 0.25) is 0 Å². The molecule has 160 valence electrons. The molecule has 2 N–H and O–H groups in total. The van der Waals surface area contributed by atoms with Gasteiger partial charge in [0.1, 0.15) is 17.6 Å². The predicted molar refractivity (Wildman–Crippen MR) is 115 cm³/mol. The summed E-state index contributed by atoms with van der Waals surface area (Å²) in [7, 11) is 0. The largest absolute Gasteiger partial charge is 0.494 e. The Morgan fingerprint density at radius 3 is 2.93 bits per heavy atom. The summed E-state index contributed by atoms with van der Waals surface area (Å²) in [6, 6.07) is 4.16. The van der Waals surface area contributed by atoms with E-state index in [1.807, 2.05) is 11.8 Å². The first-order valence-electron chi connectivity index (χ1n) is 10.9. The zero-order chi connectivity index (χ0) is 20.6. The quantitative estimate of drug-likeness (QED) is 0.377. The van der Waals surface area contributed by atoms with Gasteiger partial charge in [0.2, 0.25) is 5.91 Å². The van der Waals surface area contributed by atoms with Gasteiger partial charge in [0.25, 0.3) is 0 Å². The van der Waals surface area contributed by atoms with E-state index in [4.69, 9.17) is 14.5 Å². The molecule has 29 heavy (non-hydrogen) atoms. The molecule has 0 radical (unpaired) electrons. The van der Waals surface area contributed by atoms with Crippen molar-refractivity contribution in [1.29, 1.82) is 0 Å². The normalized spacial score (nSPS) is 18.6. The van der Waals surface area contributed by atoms with Gasteiger partial charge < -0.3 is 25.0 Å². The second-order valence-corrected chi connectivity index (χ2v) is 7.59. The van der Waals surface area contributed by atoms with Gasteiger partial charge in [0.15, 0.2) is 5.96 Å². The number of nitrogens with zero attached hydrogens (tertiary/aromatic N) is 2. The second-order valence-electron chi connectivity index (χ2n) is 7.59. The summed E-state index contributed by atoms with van der Waals surface area (Å²) >= 11 is 0. The minimum atomic E-state index is 0.208. The van der Waals surface area contributed by atoms with E-state index in [9.17, 15) is 4.79 Å². The van der Waals surface area contributed by atoms with Crippen LogP contribution in [0.15, 0.2) is 17.1 Å². The number of hydrogen-bond donors (Lipinski definition) is 2. The standard InChI is InChI=1S/C22H34N4O3/c1-4-23-22(24-9-7-11-26-10-6-8-21(26)27)25-15-18-14-20-17(12-16(3)29-20)13-19(18)28-5-2/h13-14,16H,4-12,15H2,1-3H3,(H2,23,24,25). The molecule has 0 saturated carbocycles. The molecule has 1 aromatic rings. The van der Waals surface area contributed by atoms with Crippen molar-refractivity contribution >= 4 is 11.9 Å². The summed E-state index contributed by atoms with van der Waals surface area (Å²) in [5.74, 6) is 2.88. The lowest BCUT2D eigenvalue weighted by atomic mass is 10.1. The summed E-state index contributed by atoms with van der Waals surface area (Å²) in [6.07, 6.45) is 3.72. The molecule has 0 aliphatic carbocycles. The average molecular weight is 403 g/mol. The highest BCUT2D eigenvalue weighted by Gasteiger charge is 2.22. The first-order valence-corrected chi connectivity index (χ1v) is 10.9. The highest BCUT2D eigenvalue weighted by molar-refractivity contribution is 5.80. The van der Waals surface area contributed by atoms with E-state index in [-0.39, 0.29) is 12.0 Å². The van der Waals surface area contributed by atoms with Gasteiger partial charge in [-0.25, -0.2) is 4.99 Å². The van der Waals surface area contributed by atoms with E-state index in [1.165, 1.54) is 5.56 Å². The van der Waals surface area contributed by atoms with Crippen molar-refractivity contribution in [3.05, 3.63) is 23.3 Å². The van der Waals surface area contributed by atoms with Gasteiger partial charge in [-0.3, -0.25) is 4.79 Å². The number of ether oxygens (including phenoxy) is 2. The fourth-order valence-electron chi connectivity index (χ4n) is 3.82. The molecule has 7 heteroatoms. The molecular weight excluding hydrogens is 368 g/mol. The number of rotatable bonds is 9. The fourth-order valence-corrected chi connectivity index (χ4v) is 3.82. The summed E-state index contributed by atoms with van der Waals surface area (Å²) in [4.78, 5) is 18.4.